The highest BCUT2D eigenvalue weighted by Crippen LogP contribution is 2.12. The van der Waals surface area contributed by atoms with Gasteiger partial charge in [0.1, 0.15) is 4.60 Å². The van der Waals surface area contributed by atoms with E-state index in [0.717, 1.165) is 10.3 Å². The summed E-state index contributed by atoms with van der Waals surface area (Å²) in [4.78, 5) is 0. The second-order valence-electron chi connectivity index (χ2n) is 1.97. The quantitative estimate of drug-likeness (QED) is 0.750. The van der Waals surface area contributed by atoms with Gasteiger partial charge in [-0.2, -0.15) is 11.3 Å². The van der Waals surface area contributed by atoms with Gasteiger partial charge in [0.25, 0.3) is 0 Å². The van der Waals surface area contributed by atoms with Crippen LogP contribution in [0.4, 0.5) is 0 Å². The molecule has 0 unspecified atom stereocenters. The molecule has 0 aliphatic carbocycles. The molecule has 2 aromatic rings. The Labute approximate surface area is 75.8 Å². The van der Waals surface area contributed by atoms with Crippen molar-refractivity contribution in [1.82, 2.24) is 15.0 Å². The minimum Gasteiger partial charge on any atom is -0.219 e. The zero-order chi connectivity index (χ0) is 7.68. The van der Waals surface area contributed by atoms with Gasteiger partial charge in [-0.3, -0.25) is 0 Å². The maximum absolute atomic E-state index is 3.88. The highest BCUT2D eigenvalue weighted by atomic mass is 79.9. The highest BCUT2D eigenvalue weighted by Gasteiger charge is 1.98. The van der Waals surface area contributed by atoms with Crippen molar-refractivity contribution in [2.45, 2.75) is 0 Å². The number of aromatic nitrogens is 3. The highest BCUT2D eigenvalue weighted by molar-refractivity contribution is 9.10. The van der Waals surface area contributed by atoms with Crippen LogP contribution in [0.15, 0.2) is 27.6 Å². The molecule has 0 aliphatic rings. The van der Waals surface area contributed by atoms with Crippen molar-refractivity contribution in [1.29, 1.82) is 0 Å². The Morgan fingerprint density at radius 2 is 2.45 bits per heavy atom. The Bertz CT molecular complexity index is 340. The van der Waals surface area contributed by atoms with E-state index in [4.69, 9.17) is 0 Å². The SMILES string of the molecule is Brc1cn(-c2ccsc2)nn1. The van der Waals surface area contributed by atoms with Gasteiger partial charge in [-0.05, 0) is 27.4 Å². The van der Waals surface area contributed by atoms with Crippen LogP contribution in [0.25, 0.3) is 5.69 Å². The fourth-order valence-corrected chi connectivity index (χ4v) is 1.64. The van der Waals surface area contributed by atoms with Crippen molar-refractivity contribution in [2.75, 3.05) is 0 Å². The summed E-state index contributed by atoms with van der Waals surface area (Å²) in [7, 11) is 0. The van der Waals surface area contributed by atoms with Gasteiger partial charge in [0.05, 0.1) is 11.9 Å². The maximum atomic E-state index is 3.88. The van der Waals surface area contributed by atoms with Gasteiger partial charge in [-0.25, -0.2) is 4.68 Å². The third-order valence-corrected chi connectivity index (χ3v) is 2.27. The van der Waals surface area contributed by atoms with E-state index in [1.54, 1.807) is 16.0 Å². The summed E-state index contributed by atoms with van der Waals surface area (Å²) < 4.78 is 2.48. The van der Waals surface area contributed by atoms with Crippen LogP contribution in [-0.2, 0) is 0 Å². The van der Waals surface area contributed by atoms with Crippen LogP contribution in [-0.4, -0.2) is 15.0 Å². The molecular weight excluding hydrogens is 226 g/mol. The minimum atomic E-state index is 0.753. The Morgan fingerprint density at radius 3 is 3.00 bits per heavy atom. The third kappa shape index (κ3) is 1.34. The summed E-state index contributed by atoms with van der Waals surface area (Å²) >= 11 is 4.87. The maximum Gasteiger partial charge on any atom is 0.148 e. The molecule has 3 nitrogen and oxygen atoms in total. The van der Waals surface area contributed by atoms with Gasteiger partial charge in [0, 0.05) is 5.38 Å². The van der Waals surface area contributed by atoms with Gasteiger partial charge < -0.3 is 0 Å². The fraction of sp³-hybridized carbons (Fsp3) is 0. The summed E-state index contributed by atoms with van der Waals surface area (Å²) in [5.74, 6) is 0. The van der Waals surface area contributed by atoms with E-state index in [9.17, 15) is 0 Å². The van der Waals surface area contributed by atoms with E-state index in [1.807, 2.05) is 23.0 Å². The number of rotatable bonds is 1. The van der Waals surface area contributed by atoms with Crippen LogP contribution < -0.4 is 0 Å². The summed E-state index contributed by atoms with van der Waals surface area (Å²) in [6.45, 7) is 0. The second kappa shape index (κ2) is 2.75. The summed E-state index contributed by atoms with van der Waals surface area (Å²) in [5.41, 5.74) is 1.05. The average Bonchev–Trinajstić information content (AvgIpc) is 2.55. The molecule has 0 spiro atoms. The van der Waals surface area contributed by atoms with E-state index in [0.29, 0.717) is 0 Å². The van der Waals surface area contributed by atoms with Crippen molar-refractivity contribution in [3.63, 3.8) is 0 Å². The van der Waals surface area contributed by atoms with E-state index in [1.165, 1.54) is 0 Å². The van der Waals surface area contributed by atoms with Crippen molar-refractivity contribution in [3.8, 4) is 5.69 Å². The molecule has 0 bridgehead atoms. The van der Waals surface area contributed by atoms with E-state index >= 15 is 0 Å². The predicted molar refractivity (Wildman–Crippen MR) is 46.9 cm³/mol. The van der Waals surface area contributed by atoms with Gasteiger partial charge in [-0.15, -0.1) is 5.10 Å². The lowest BCUT2D eigenvalue weighted by atomic mass is 10.5. The smallest absolute Gasteiger partial charge is 0.148 e. The first-order valence-corrected chi connectivity index (χ1v) is 4.70. The number of nitrogens with zero attached hydrogens (tertiary/aromatic N) is 3. The molecule has 0 aromatic carbocycles. The van der Waals surface area contributed by atoms with E-state index < -0.39 is 0 Å². The molecule has 56 valence electrons. The molecule has 0 atom stereocenters. The van der Waals surface area contributed by atoms with Gasteiger partial charge >= 0.3 is 0 Å². The van der Waals surface area contributed by atoms with Crippen molar-refractivity contribution < 1.29 is 0 Å². The molecule has 0 radical (unpaired) electrons. The predicted octanol–water partition coefficient (Wildman–Crippen LogP) is 2.09. The number of hydrogen-bond donors (Lipinski definition) is 0. The Hall–Kier alpha value is -0.680. The number of hydrogen-bond acceptors (Lipinski definition) is 3. The van der Waals surface area contributed by atoms with Crippen LogP contribution >= 0.6 is 27.3 Å². The number of thiophene rings is 1. The lowest BCUT2D eigenvalue weighted by Gasteiger charge is -1.90. The average molecular weight is 230 g/mol. The first kappa shape index (κ1) is 7.00. The molecule has 2 rings (SSSR count). The van der Waals surface area contributed by atoms with Gasteiger partial charge in [0.15, 0.2) is 0 Å². The van der Waals surface area contributed by atoms with Crippen molar-refractivity contribution >= 4 is 27.3 Å². The zero-order valence-electron chi connectivity index (χ0n) is 5.44. The summed E-state index contributed by atoms with van der Waals surface area (Å²) in [6, 6.07) is 1.99. The van der Waals surface area contributed by atoms with Crippen molar-refractivity contribution in [3.05, 3.63) is 27.6 Å². The third-order valence-electron chi connectivity index (χ3n) is 1.24. The topological polar surface area (TPSA) is 30.7 Å². The Balaban J connectivity index is 2.45. The molecule has 2 heterocycles. The molecule has 0 saturated carbocycles. The summed E-state index contributed by atoms with van der Waals surface area (Å²) in [6.07, 6.45) is 1.82. The Kier molecular flexibility index (Phi) is 1.75. The van der Waals surface area contributed by atoms with Gasteiger partial charge in [-0.1, -0.05) is 5.21 Å². The first-order valence-electron chi connectivity index (χ1n) is 2.97. The monoisotopic (exact) mass is 229 g/mol. The lowest BCUT2D eigenvalue weighted by Crippen LogP contribution is -1.91. The minimum absolute atomic E-state index is 0.753. The molecule has 0 aliphatic heterocycles. The van der Waals surface area contributed by atoms with Crippen molar-refractivity contribution in [2.24, 2.45) is 0 Å². The van der Waals surface area contributed by atoms with Gasteiger partial charge in [0.2, 0.25) is 0 Å². The van der Waals surface area contributed by atoms with E-state index in [2.05, 4.69) is 26.2 Å². The molecule has 2 aromatic heterocycles. The molecule has 0 amide bonds. The number of halogens is 1. The lowest BCUT2D eigenvalue weighted by molar-refractivity contribution is 0.804. The van der Waals surface area contributed by atoms with Crippen LogP contribution in [0, 0.1) is 0 Å². The molecular formula is C6H4BrN3S. The molecule has 0 N–H and O–H groups in total. The first-order chi connectivity index (χ1) is 5.36. The molecule has 5 heteroatoms. The standard InChI is InChI=1S/C6H4BrN3S/c7-6-3-10(9-8-6)5-1-2-11-4-5/h1-4H. The summed E-state index contributed by atoms with van der Waals surface area (Å²) in [5, 5.41) is 11.7. The van der Waals surface area contributed by atoms with Crippen LogP contribution in [0.5, 0.6) is 0 Å². The zero-order valence-corrected chi connectivity index (χ0v) is 7.84. The normalized spacial score (nSPS) is 10.3. The largest absolute Gasteiger partial charge is 0.219 e. The van der Waals surface area contributed by atoms with Crippen LogP contribution in [0.2, 0.25) is 0 Å². The molecule has 11 heavy (non-hydrogen) atoms. The van der Waals surface area contributed by atoms with Crippen LogP contribution in [0.1, 0.15) is 0 Å². The second-order valence-corrected chi connectivity index (χ2v) is 3.56. The van der Waals surface area contributed by atoms with Crippen LogP contribution in [0.3, 0.4) is 0 Å². The fourth-order valence-electron chi connectivity index (χ4n) is 0.757. The van der Waals surface area contributed by atoms with E-state index in [-0.39, 0.29) is 0 Å². The Morgan fingerprint density at radius 1 is 1.55 bits per heavy atom. The molecule has 0 fully saturated rings. The molecule has 0 saturated heterocycles.